The second kappa shape index (κ2) is 8.87. The van der Waals surface area contributed by atoms with E-state index in [0.717, 1.165) is 5.56 Å². The number of guanidine groups is 1. The molecule has 0 atom stereocenters. The van der Waals surface area contributed by atoms with Crippen LogP contribution in [-0.4, -0.2) is 36.8 Å². The van der Waals surface area contributed by atoms with Crippen LogP contribution in [0.25, 0.3) is 0 Å². The standard InChI is InChI=1S/C19H31FN4O2/c1-13-8-9-14(10-15(13)20)11-22-16(21-7)23-12-19(5,6)24-17(25)26-18(2,3)4/h8-10H,11-12H2,1-7H3,(H,24,25)(H2,21,22,23). The highest BCUT2D eigenvalue weighted by Gasteiger charge is 2.24. The fourth-order valence-corrected chi connectivity index (χ4v) is 2.08. The maximum atomic E-state index is 13.6. The van der Waals surface area contributed by atoms with E-state index in [9.17, 15) is 9.18 Å². The second-order valence-electron chi connectivity index (χ2n) is 7.87. The quantitative estimate of drug-likeness (QED) is 0.553. The minimum absolute atomic E-state index is 0.227. The number of aryl methyl sites for hydroxylation is 1. The van der Waals surface area contributed by atoms with Gasteiger partial charge in [-0.15, -0.1) is 0 Å². The van der Waals surface area contributed by atoms with E-state index >= 15 is 0 Å². The van der Waals surface area contributed by atoms with Gasteiger partial charge in [0, 0.05) is 20.1 Å². The highest BCUT2D eigenvalue weighted by Crippen LogP contribution is 2.10. The van der Waals surface area contributed by atoms with Gasteiger partial charge in [-0.1, -0.05) is 12.1 Å². The van der Waals surface area contributed by atoms with Gasteiger partial charge in [0.25, 0.3) is 0 Å². The van der Waals surface area contributed by atoms with E-state index < -0.39 is 17.2 Å². The summed E-state index contributed by atoms with van der Waals surface area (Å²) in [4.78, 5) is 16.1. The third-order valence-electron chi connectivity index (χ3n) is 3.46. The Morgan fingerprint density at radius 2 is 1.85 bits per heavy atom. The Bertz CT molecular complexity index is 651. The lowest BCUT2D eigenvalue weighted by Crippen LogP contribution is -2.54. The minimum atomic E-state index is -0.547. The molecule has 1 aromatic rings. The Labute approximate surface area is 155 Å². The molecule has 0 saturated heterocycles. The van der Waals surface area contributed by atoms with E-state index in [-0.39, 0.29) is 5.82 Å². The maximum Gasteiger partial charge on any atom is 0.408 e. The highest BCUT2D eigenvalue weighted by molar-refractivity contribution is 5.79. The molecule has 0 fully saturated rings. The van der Waals surface area contributed by atoms with Crippen LogP contribution in [0.3, 0.4) is 0 Å². The van der Waals surface area contributed by atoms with Crippen LogP contribution in [0.2, 0.25) is 0 Å². The third-order valence-corrected chi connectivity index (χ3v) is 3.46. The van der Waals surface area contributed by atoms with Gasteiger partial charge in [-0.3, -0.25) is 4.99 Å². The van der Waals surface area contributed by atoms with Crippen LogP contribution in [0, 0.1) is 12.7 Å². The normalized spacial score (nSPS) is 12.5. The molecule has 1 amide bonds. The zero-order valence-electron chi connectivity index (χ0n) is 16.8. The zero-order valence-corrected chi connectivity index (χ0v) is 16.8. The number of rotatable bonds is 5. The van der Waals surface area contributed by atoms with Crippen LogP contribution in [0.4, 0.5) is 9.18 Å². The molecular formula is C19H31FN4O2. The monoisotopic (exact) mass is 366 g/mol. The molecule has 7 heteroatoms. The predicted octanol–water partition coefficient (Wildman–Crippen LogP) is 3.10. The Hall–Kier alpha value is -2.31. The average Bonchev–Trinajstić information content (AvgIpc) is 2.48. The summed E-state index contributed by atoms with van der Waals surface area (Å²) in [5.74, 6) is 0.333. The van der Waals surface area contributed by atoms with Gasteiger partial charge < -0.3 is 20.7 Å². The lowest BCUT2D eigenvalue weighted by molar-refractivity contribution is 0.0474. The molecule has 0 radical (unpaired) electrons. The number of hydrogen-bond donors (Lipinski definition) is 3. The molecule has 0 aliphatic heterocycles. The molecule has 3 N–H and O–H groups in total. The van der Waals surface area contributed by atoms with Crippen molar-refractivity contribution in [1.29, 1.82) is 0 Å². The van der Waals surface area contributed by atoms with E-state index in [2.05, 4.69) is 20.9 Å². The molecule has 146 valence electrons. The number of benzene rings is 1. The number of halogens is 1. The minimum Gasteiger partial charge on any atom is -0.444 e. The molecule has 1 rings (SSSR count). The predicted molar refractivity (Wildman–Crippen MR) is 103 cm³/mol. The van der Waals surface area contributed by atoms with Crippen LogP contribution in [0.1, 0.15) is 45.7 Å². The molecule has 26 heavy (non-hydrogen) atoms. The summed E-state index contributed by atoms with van der Waals surface area (Å²) in [6.07, 6.45) is -0.470. The van der Waals surface area contributed by atoms with Crippen molar-refractivity contribution in [1.82, 2.24) is 16.0 Å². The van der Waals surface area contributed by atoms with E-state index in [1.807, 2.05) is 40.7 Å². The number of carbonyl (C=O) groups is 1. The summed E-state index contributed by atoms with van der Waals surface area (Å²) in [7, 11) is 1.65. The van der Waals surface area contributed by atoms with Gasteiger partial charge in [-0.05, 0) is 58.7 Å². The molecule has 0 unspecified atom stereocenters. The lowest BCUT2D eigenvalue weighted by atomic mass is 10.1. The first-order valence-corrected chi connectivity index (χ1v) is 8.62. The molecule has 0 aliphatic carbocycles. The average molecular weight is 366 g/mol. The SMILES string of the molecule is CN=C(NCc1ccc(C)c(F)c1)NCC(C)(C)NC(=O)OC(C)(C)C. The Balaban J connectivity index is 2.51. The largest absolute Gasteiger partial charge is 0.444 e. The van der Waals surface area contributed by atoms with Crippen molar-refractivity contribution in [3.8, 4) is 0 Å². The summed E-state index contributed by atoms with van der Waals surface area (Å²) in [5.41, 5.74) is 0.346. The molecule has 6 nitrogen and oxygen atoms in total. The molecule has 0 heterocycles. The summed E-state index contributed by atoms with van der Waals surface area (Å²) in [6.45, 7) is 11.8. The maximum absolute atomic E-state index is 13.6. The number of nitrogens with zero attached hydrogens (tertiary/aromatic N) is 1. The van der Waals surface area contributed by atoms with Crippen LogP contribution in [0.15, 0.2) is 23.2 Å². The van der Waals surface area contributed by atoms with Gasteiger partial charge >= 0.3 is 6.09 Å². The smallest absolute Gasteiger partial charge is 0.408 e. The van der Waals surface area contributed by atoms with Gasteiger partial charge in [-0.25, -0.2) is 9.18 Å². The van der Waals surface area contributed by atoms with E-state index in [4.69, 9.17) is 4.74 Å². The fourth-order valence-electron chi connectivity index (χ4n) is 2.08. The van der Waals surface area contributed by atoms with Crippen molar-refractivity contribution in [2.24, 2.45) is 4.99 Å². The lowest BCUT2D eigenvalue weighted by Gasteiger charge is -2.29. The first kappa shape index (κ1) is 21.7. The van der Waals surface area contributed by atoms with Gasteiger partial charge in [0.1, 0.15) is 11.4 Å². The van der Waals surface area contributed by atoms with Gasteiger partial charge in [-0.2, -0.15) is 0 Å². The number of alkyl carbamates (subject to hydrolysis) is 1. The topological polar surface area (TPSA) is 74.8 Å². The summed E-state index contributed by atoms with van der Waals surface area (Å²) in [6, 6.07) is 5.12. The summed E-state index contributed by atoms with van der Waals surface area (Å²) in [5, 5.41) is 9.10. The van der Waals surface area contributed by atoms with Crippen LogP contribution < -0.4 is 16.0 Å². The first-order chi connectivity index (χ1) is 11.9. The van der Waals surface area contributed by atoms with Crippen LogP contribution in [0.5, 0.6) is 0 Å². The van der Waals surface area contributed by atoms with E-state index in [1.165, 1.54) is 6.07 Å². The number of amides is 1. The van der Waals surface area contributed by atoms with Gasteiger partial charge in [0.05, 0.1) is 5.54 Å². The van der Waals surface area contributed by atoms with Crippen molar-refractivity contribution in [3.05, 3.63) is 35.1 Å². The molecule has 0 aliphatic rings. The summed E-state index contributed by atoms with van der Waals surface area (Å²) >= 11 is 0. The molecule has 0 spiro atoms. The number of nitrogens with one attached hydrogen (secondary N) is 3. The zero-order chi connectivity index (χ0) is 20.0. The number of carbonyl (C=O) groups excluding carboxylic acids is 1. The first-order valence-electron chi connectivity index (χ1n) is 8.62. The number of ether oxygens (including phenoxy) is 1. The molecule has 0 saturated carbocycles. The van der Waals surface area contributed by atoms with Crippen molar-refractivity contribution in [2.45, 2.75) is 59.2 Å². The number of aliphatic imine (C=N–C) groups is 1. The molecule has 0 bridgehead atoms. The van der Waals surface area contributed by atoms with E-state index in [1.54, 1.807) is 20.0 Å². The fraction of sp³-hybridized carbons (Fsp3) is 0.579. The van der Waals surface area contributed by atoms with Crippen molar-refractivity contribution >= 4 is 12.1 Å². The Morgan fingerprint density at radius 3 is 2.38 bits per heavy atom. The van der Waals surface area contributed by atoms with E-state index in [0.29, 0.717) is 24.6 Å². The van der Waals surface area contributed by atoms with Gasteiger partial charge in [0.15, 0.2) is 5.96 Å². The molecule has 0 aromatic heterocycles. The third kappa shape index (κ3) is 8.18. The van der Waals surface area contributed by atoms with Gasteiger partial charge in [0.2, 0.25) is 0 Å². The Kier molecular flexibility index (Phi) is 7.41. The second-order valence-corrected chi connectivity index (χ2v) is 7.87. The highest BCUT2D eigenvalue weighted by atomic mass is 19.1. The Morgan fingerprint density at radius 1 is 1.19 bits per heavy atom. The molecular weight excluding hydrogens is 335 g/mol. The van der Waals surface area contributed by atoms with Crippen molar-refractivity contribution in [3.63, 3.8) is 0 Å². The van der Waals surface area contributed by atoms with Crippen molar-refractivity contribution in [2.75, 3.05) is 13.6 Å². The molecule has 1 aromatic carbocycles. The number of hydrogen-bond acceptors (Lipinski definition) is 3. The van der Waals surface area contributed by atoms with Crippen molar-refractivity contribution < 1.29 is 13.9 Å². The van der Waals surface area contributed by atoms with Crippen LogP contribution >= 0.6 is 0 Å². The summed E-state index contributed by atoms with van der Waals surface area (Å²) < 4.78 is 18.9. The van der Waals surface area contributed by atoms with Crippen LogP contribution in [-0.2, 0) is 11.3 Å².